The molecule has 0 unspecified atom stereocenters. The van der Waals surface area contributed by atoms with E-state index in [4.69, 9.17) is 4.42 Å². The molecule has 246 valence electrons. The molecule has 0 aliphatic carbocycles. The second kappa shape index (κ2) is 15.4. The molecule has 1 fully saturated rings. The summed E-state index contributed by atoms with van der Waals surface area (Å²) in [4.78, 5) is 68.3. The lowest BCUT2D eigenvalue weighted by Gasteiger charge is -2.28. The van der Waals surface area contributed by atoms with Gasteiger partial charge < -0.3 is 30.2 Å². The molecule has 0 saturated carbocycles. The smallest absolute Gasteiger partial charge is 0.273 e. The zero-order valence-corrected chi connectivity index (χ0v) is 27.3. The molecule has 1 aromatic carbocycles. The van der Waals surface area contributed by atoms with E-state index >= 15 is 0 Å². The van der Waals surface area contributed by atoms with E-state index in [-0.39, 0.29) is 61.2 Å². The van der Waals surface area contributed by atoms with E-state index in [0.29, 0.717) is 11.4 Å². The summed E-state index contributed by atoms with van der Waals surface area (Å²) in [5, 5.41) is 11.0. The lowest BCUT2D eigenvalue weighted by atomic mass is 10.0. The van der Waals surface area contributed by atoms with Gasteiger partial charge in [0.15, 0.2) is 5.69 Å². The molecule has 2 atom stereocenters. The molecule has 2 aliphatic rings. The highest BCUT2D eigenvalue weighted by Crippen LogP contribution is 2.26. The van der Waals surface area contributed by atoms with Gasteiger partial charge in [0.1, 0.15) is 23.0 Å². The zero-order chi connectivity index (χ0) is 32.6. The number of nitrogens with one attached hydrogen (secondary N) is 3. The molecule has 14 heteroatoms. The van der Waals surface area contributed by atoms with Crippen molar-refractivity contribution in [3.05, 3.63) is 69.8 Å². The number of fused-ring (bicyclic) bond motifs is 4. The summed E-state index contributed by atoms with van der Waals surface area (Å²) in [5.74, 6) is -1.31. The van der Waals surface area contributed by atoms with Gasteiger partial charge in [0.05, 0.1) is 19.1 Å². The molecule has 2 aliphatic heterocycles. The maximum absolute atomic E-state index is 13.5. The van der Waals surface area contributed by atoms with Crippen molar-refractivity contribution in [2.75, 3.05) is 59.4 Å². The van der Waals surface area contributed by atoms with Gasteiger partial charge in [0, 0.05) is 38.0 Å². The number of carbonyl (C=O) groups is 4. The number of likely N-dealkylation sites (N-methyl/N-ethyl adjacent to an activating group) is 1. The monoisotopic (exact) mass is 650 g/mol. The molecule has 46 heavy (non-hydrogen) atoms. The standard InChI is InChI=1S/C32H42N8O5S/c1-21(2)28-32-36-25(20-46-32)30(44)34-23(16-22-8-5-4-6-9-22)31-35-24(19-45-31)29(43)33-10-13-40(17-26(41)37-28)27(42)18-39-12-7-11-38(3)14-15-39/h4-6,8-9,19-21,23,28H,7,10-18H2,1-3H3,(H,33,43)(H,34,44)(H,37,41)/t23-,28-/m0/s1. The van der Waals surface area contributed by atoms with Crippen molar-refractivity contribution < 1.29 is 23.6 Å². The number of carbonyl (C=O) groups excluding carboxylic acids is 4. The lowest BCUT2D eigenvalue weighted by Crippen LogP contribution is -2.49. The van der Waals surface area contributed by atoms with E-state index in [9.17, 15) is 19.2 Å². The van der Waals surface area contributed by atoms with Crippen LogP contribution >= 0.6 is 11.3 Å². The summed E-state index contributed by atoms with van der Waals surface area (Å²) < 4.78 is 5.71. The summed E-state index contributed by atoms with van der Waals surface area (Å²) >= 11 is 1.29. The Hall–Kier alpha value is -4.14. The maximum Gasteiger partial charge on any atom is 0.273 e. The van der Waals surface area contributed by atoms with Gasteiger partial charge in [-0.25, -0.2) is 9.97 Å². The van der Waals surface area contributed by atoms with Crippen molar-refractivity contribution in [1.82, 2.24) is 40.6 Å². The second-order valence-electron chi connectivity index (χ2n) is 12.2. The minimum absolute atomic E-state index is 0.0364. The molecule has 3 aromatic rings. The molecule has 2 aromatic heterocycles. The quantitative estimate of drug-likeness (QED) is 0.376. The molecule has 4 heterocycles. The summed E-state index contributed by atoms with van der Waals surface area (Å²) in [6.07, 6.45) is 2.58. The van der Waals surface area contributed by atoms with E-state index in [1.54, 1.807) is 5.38 Å². The van der Waals surface area contributed by atoms with Crippen LogP contribution in [0.25, 0.3) is 0 Å². The van der Waals surface area contributed by atoms with Crippen molar-refractivity contribution in [2.24, 2.45) is 5.92 Å². The Morgan fingerprint density at radius 2 is 1.80 bits per heavy atom. The number of benzene rings is 1. The topological polar surface area (TPSA) is 153 Å². The normalized spacial score (nSPS) is 21.1. The summed E-state index contributed by atoms with van der Waals surface area (Å²) in [7, 11) is 2.07. The molecular weight excluding hydrogens is 608 g/mol. The third-order valence-corrected chi connectivity index (χ3v) is 9.10. The van der Waals surface area contributed by atoms with Gasteiger partial charge in [-0.15, -0.1) is 11.3 Å². The number of amides is 4. The van der Waals surface area contributed by atoms with Gasteiger partial charge in [-0.1, -0.05) is 44.2 Å². The largest absolute Gasteiger partial charge is 0.446 e. The van der Waals surface area contributed by atoms with Crippen molar-refractivity contribution in [3.8, 4) is 0 Å². The van der Waals surface area contributed by atoms with Crippen molar-refractivity contribution >= 4 is 35.0 Å². The number of nitrogens with zero attached hydrogens (tertiary/aromatic N) is 5. The number of hydrogen-bond acceptors (Lipinski definition) is 10. The fraction of sp³-hybridized carbons (Fsp3) is 0.500. The average Bonchev–Trinajstić information content (AvgIpc) is 3.68. The Bertz CT molecular complexity index is 1510. The second-order valence-corrected chi connectivity index (χ2v) is 13.0. The van der Waals surface area contributed by atoms with Crippen LogP contribution < -0.4 is 16.0 Å². The SMILES string of the molecule is CC(C)[C@@H]1NC(=O)CN(C(=O)CN2CCCN(C)CC2)CCNC(=O)c2coc(n2)[C@H](Cc2ccccc2)NC(=O)c2csc1n2. The minimum atomic E-state index is -0.673. The molecule has 0 spiro atoms. The zero-order valence-electron chi connectivity index (χ0n) is 26.5. The van der Waals surface area contributed by atoms with E-state index in [2.05, 4.69) is 42.8 Å². The van der Waals surface area contributed by atoms with E-state index < -0.39 is 23.9 Å². The Kier molecular flexibility index (Phi) is 11.1. The van der Waals surface area contributed by atoms with Crippen LogP contribution in [0.1, 0.15) is 69.8 Å². The fourth-order valence-corrected chi connectivity index (χ4v) is 6.53. The first-order chi connectivity index (χ1) is 22.2. The highest BCUT2D eigenvalue weighted by Gasteiger charge is 2.29. The summed E-state index contributed by atoms with van der Waals surface area (Å²) in [5.41, 5.74) is 1.18. The molecule has 4 bridgehead atoms. The number of oxazole rings is 1. The van der Waals surface area contributed by atoms with Crippen LogP contribution in [0.15, 0.2) is 46.4 Å². The van der Waals surface area contributed by atoms with Crippen molar-refractivity contribution in [2.45, 2.75) is 38.8 Å². The molecular formula is C32H42N8O5S. The predicted octanol–water partition coefficient (Wildman–Crippen LogP) is 1.87. The molecule has 1 saturated heterocycles. The fourth-order valence-electron chi connectivity index (χ4n) is 5.51. The first kappa shape index (κ1) is 33.2. The summed E-state index contributed by atoms with van der Waals surface area (Å²) in [6.45, 7) is 7.55. The Morgan fingerprint density at radius 3 is 2.59 bits per heavy atom. The van der Waals surface area contributed by atoms with Gasteiger partial charge in [-0.2, -0.15) is 0 Å². The van der Waals surface area contributed by atoms with E-state index in [1.165, 1.54) is 22.5 Å². The first-order valence-electron chi connectivity index (χ1n) is 15.7. The number of thiazole rings is 1. The Balaban J connectivity index is 1.40. The minimum Gasteiger partial charge on any atom is -0.446 e. The number of aromatic nitrogens is 2. The van der Waals surface area contributed by atoms with Crippen molar-refractivity contribution in [3.63, 3.8) is 0 Å². The molecule has 0 radical (unpaired) electrons. The van der Waals surface area contributed by atoms with Gasteiger partial charge in [0.25, 0.3) is 11.8 Å². The van der Waals surface area contributed by atoms with Crippen LogP contribution in [-0.4, -0.2) is 108 Å². The molecule has 4 amide bonds. The van der Waals surface area contributed by atoms with Crippen LogP contribution in [0.2, 0.25) is 0 Å². The van der Waals surface area contributed by atoms with Crippen LogP contribution in [0, 0.1) is 5.92 Å². The lowest BCUT2D eigenvalue weighted by molar-refractivity contribution is -0.137. The van der Waals surface area contributed by atoms with E-state index in [0.717, 1.165) is 38.2 Å². The van der Waals surface area contributed by atoms with Crippen molar-refractivity contribution in [1.29, 1.82) is 0 Å². The highest BCUT2D eigenvalue weighted by molar-refractivity contribution is 7.09. The number of rotatable bonds is 5. The van der Waals surface area contributed by atoms with Gasteiger partial charge >= 0.3 is 0 Å². The Morgan fingerprint density at radius 1 is 1.00 bits per heavy atom. The Labute approximate surface area is 272 Å². The van der Waals surface area contributed by atoms with Gasteiger partial charge in [-0.05, 0) is 38.0 Å². The van der Waals surface area contributed by atoms with Crippen LogP contribution in [0.5, 0.6) is 0 Å². The number of hydrogen-bond donors (Lipinski definition) is 3. The summed E-state index contributed by atoms with van der Waals surface area (Å²) in [6, 6.07) is 8.44. The van der Waals surface area contributed by atoms with Gasteiger partial charge in [0.2, 0.25) is 17.7 Å². The maximum atomic E-state index is 13.5. The van der Waals surface area contributed by atoms with Crippen LogP contribution in [0.3, 0.4) is 0 Å². The third kappa shape index (κ3) is 8.77. The highest BCUT2D eigenvalue weighted by atomic mass is 32.1. The average molecular weight is 651 g/mol. The van der Waals surface area contributed by atoms with Crippen LogP contribution in [0.4, 0.5) is 0 Å². The van der Waals surface area contributed by atoms with Gasteiger partial charge in [-0.3, -0.25) is 24.1 Å². The van der Waals surface area contributed by atoms with Crippen LogP contribution in [-0.2, 0) is 16.0 Å². The molecule has 13 nitrogen and oxygen atoms in total. The first-order valence-corrected chi connectivity index (χ1v) is 16.6. The third-order valence-electron chi connectivity index (χ3n) is 8.17. The molecule has 3 N–H and O–H groups in total. The van der Waals surface area contributed by atoms with E-state index in [1.807, 2.05) is 44.2 Å². The molecule has 5 rings (SSSR count). The predicted molar refractivity (Wildman–Crippen MR) is 172 cm³/mol.